The third-order valence-corrected chi connectivity index (χ3v) is 6.40. The topological polar surface area (TPSA) is 54.5 Å². The van der Waals surface area contributed by atoms with Crippen molar-refractivity contribution in [2.75, 3.05) is 13.3 Å². The second-order valence-electron chi connectivity index (χ2n) is 5.46. The molecule has 23 heavy (non-hydrogen) atoms. The Morgan fingerprint density at radius 2 is 1.91 bits per heavy atom. The van der Waals surface area contributed by atoms with Gasteiger partial charge < -0.3 is 4.90 Å². The standard InChI is InChI=1S/C16H18ClNO3S2/c1-10-5-8-14(22-10)11(2)18(3)16(19)12-6-7-13(17)15(9-12)23(4,20)21/h5-9,11H,1-4H3. The highest BCUT2D eigenvalue weighted by molar-refractivity contribution is 7.90. The molecule has 0 bridgehead atoms. The first-order valence-electron chi connectivity index (χ1n) is 6.94. The van der Waals surface area contributed by atoms with Crippen molar-refractivity contribution in [2.24, 2.45) is 0 Å². The van der Waals surface area contributed by atoms with Crippen LogP contribution in [-0.2, 0) is 9.84 Å². The van der Waals surface area contributed by atoms with Crippen molar-refractivity contribution in [3.05, 3.63) is 50.7 Å². The summed E-state index contributed by atoms with van der Waals surface area (Å²) in [5.41, 5.74) is 0.303. The summed E-state index contributed by atoms with van der Waals surface area (Å²) in [7, 11) is -1.78. The van der Waals surface area contributed by atoms with Crippen molar-refractivity contribution in [3.63, 3.8) is 0 Å². The molecular formula is C16H18ClNO3S2. The van der Waals surface area contributed by atoms with E-state index in [0.29, 0.717) is 5.56 Å². The van der Waals surface area contributed by atoms with Crippen LogP contribution in [0.3, 0.4) is 0 Å². The van der Waals surface area contributed by atoms with E-state index >= 15 is 0 Å². The molecule has 1 heterocycles. The third-order valence-electron chi connectivity index (χ3n) is 3.65. The average molecular weight is 372 g/mol. The molecule has 1 aromatic heterocycles. The highest BCUT2D eigenvalue weighted by Gasteiger charge is 2.22. The summed E-state index contributed by atoms with van der Waals surface area (Å²) in [6.07, 6.45) is 1.07. The molecule has 0 spiro atoms. The quantitative estimate of drug-likeness (QED) is 0.817. The van der Waals surface area contributed by atoms with E-state index in [4.69, 9.17) is 11.6 Å². The second kappa shape index (κ2) is 6.63. The number of thiophene rings is 1. The van der Waals surface area contributed by atoms with Gasteiger partial charge in [0.2, 0.25) is 0 Å². The van der Waals surface area contributed by atoms with Crippen LogP contribution in [0.1, 0.15) is 33.1 Å². The molecule has 2 aromatic rings. The van der Waals surface area contributed by atoms with Crippen LogP contribution in [0.4, 0.5) is 0 Å². The van der Waals surface area contributed by atoms with E-state index in [-0.39, 0.29) is 21.9 Å². The number of carbonyl (C=O) groups excluding carboxylic acids is 1. The molecule has 1 unspecified atom stereocenters. The maximum Gasteiger partial charge on any atom is 0.254 e. The summed E-state index contributed by atoms with van der Waals surface area (Å²) in [6.45, 7) is 3.96. The Balaban J connectivity index is 2.33. The van der Waals surface area contributed by atoms with Crippen LogP contribution in [0.2, 0.25) is 5.02 Å². The number of amides is 1. The summed E-state index contributed by atoms with van der Waals surface area (Å²) in [5.74, 6) is -0.245. The van der Waals surface area contributed by atoms with Crippen molar-refractivity contribution in [1.29, 1.82) is 0 Å². The molecule has 0 fully saturated rings. The van der Waals surface area contributed by atoms with Gasteiger partial charge in [-0.1, -0.05) is 11.6 Å². The maximum absolute atomic E-state index is 12.6. The zero-order valence-corrected chi connectivity index (χ0v) is 15.7. The lowest BCUT2D eigenvalue weighted by atomic mass is 10.1. The van der Waals surface area contributed by atoms with Crippen LogP contribution in [0.5, 0.6) is 0 Å². The first kappa shape index (κ1) is 18.0. The molecule has 0 saturated heterocycles. The van der Waals surface area contributed by atoms with Crippen LogP contribution in [0, 0.1) is 6.92 Å². The van der Waals surface area contributed by atoms with E-state index in [1.54, 1.807) is 29.4 Å². The lowest BCUT2D eigenvalue weighted by molar-refractivity contribution is 0.0744. The van der Waals surface area contributed by atoms with Crippen molar-refractivity contribution in [3.8, 4) is 0 Å². The van der Waals surface area contributed by atoms with Crippen LogP contribution in [-0.4, -0.2) is 32.5 Å². The minimum absolute atomic E-state index is 0.0296. The Labute approximate surface area is 145 Å². The molecule has 1 atom stereocenters. The Morgan fingerprint density at radius 3 is 2.43 bits per heavy atom. The highest BCUT2D eigenvalue weighted by Crippen LogP contribution is 2.28. The van der Waals surface area contributed by atoms with Gasteiger partial charge in [0.05, 0.1) is 16.0 Å². The normalized spacial score (nSPS) is 12.9. The molecule has 124 valence electrons. The van der Waals surface area contributed by atoms with Gasteiger partial charge in [-0.3, -0.25) is 4.79 Å². The Kier molecular flexibility index (Phi) is 5.18. The van der Waals surface area contributed by atoms with Gasteiger partial charge >= 0.3 is 0 Å². The van der Waals surface area contributed by atoms with Crippen molar-refractivity contribution in [1.82, 2.24) is 4.90 Å². The van der Waals surface area contributed by atoms with Gasteiger partial charge in [-0.15, -0.1) is 11.3 Å². The van der Waals surface area contributed by atoms with Crippen molar-refractivity contribution in [2.45, 2.75) is 24.8 Å². The Hall–Kier alpha value is -1.37. The summed E-state index contributed by atoms with van der Waals surface area (Å²) < 4.78 is 23.5. The lowest BCUT2D eigenvalue weighted by Gasteiger charge is -2.24. The minimum Gasteiger partial charge on any atom is -0.334 e. The largest absolute Gasteiger partial charge is 0.334 e. The van der Waals surface area contributed by atoms with E-state index in [0.717, 1.165) is 11.1 Å². The van der Waals surface area contributed by atoms with E-state index in [2.05, 4.69) is 0 Å². The zero-order chi connectivity index (χ0) is 17.4. The van der Waals surface area contributed by atoms with Crippen LogP contribution >= 0.6 is 22.9 Å². The molecule has 0 radical (unpaired) electrons. The van der Waals surface area contributed by atoms with Crippen molar-refractivity contribution >= 4 is 38.7 Å². The molecule has 0 saturated carbocycles. The van der Waals surface area contributed by atoms with Gasteiger partial charge in [-0.2, -0.15) is 0 Å². The van der Waals surface area contributed by atoms with Gasteiger partial charge in [0, 0.05) is 28.6 Å². The van der Waals surface area contributed by atoms with E-state index in [1.807, 2.05) is 26.0 Å². The van der Waals surface area contributed by atoms with E-state index in [9.17, 15) is 13.2 Å². The van der Waals surface area contributed by atoms with Crippen LogP contribution in [0.25, 0.3) is 0 Å². The summed E-state index contributed by atoms with van der Waals surface area (Å²) in [6, 6.07) is 8.24. The number of carbonyl (C=O) groups is 1. The first-order chi connectivity index (χ1) is 10.6. The number of nitrogens with zero attached hydrogens (tertiary/aromatic N) is 1. The highest BCUT2D eigenvalue weighted by atomic mass is 35.5. The average Bonchev–Trinajstić information content (AvgIpc) is 2.90. The smallest absolute Gasteiger partial charge is 0.254 e. The predicted molar refractivity (Wildman–Crippen MR) is 94.1 cm³/mol. The molecule has 0 aliphatic heterocycles. The van der Waals surface area contributed by atoms with Gasteiger partial charge in [0.1, 0.15) is 0 Å². The number of benzene rings is 1. The van der Waals surface area contributed by atoms with Crippen LogP contribution in [0.15, 0.2) is 35.2 Å². The Morgan fingerprint density at radius 1 is 1.26 bits per heavy atom. The molecule has 4 nitrogen and oxygen atoms in total. The second-order valence-corrected chi connectivity index (χ2v) is 9.17. The van der Waals surface area contributed by atoms with Crippen LogP contribution < -0.4 is 0 Å². The van der Waals surface area contributed by atoms with Gasteiger partial charge in [-0.25, -0.2) is 8.42 Å². The van der Waals surface area contributed by atoms with Gasteiger partial charge in [-0.05, 0) is 44.2 Å². The van der Waals surface area contributed by atoms with E-state index in [1.165, 1.54) is 17.0 Å². The minimum atomic E-state index is -3.48. The molecule has 2 rings (SSSR count). The molecule has 1 aromatic carbocycles. The molecule has 7 heteroatoms. The number of hydrogen-bond acceptors (Lipinski definition) is 4. The monoisotopic (exact) mass is 371 g/mol. The molecule has 1 amide bonds. The molecule has 0 aliphatic carbocycles. The third kappa shape index (κ3) is 3.94. The van der Waals surface area contributed by atoms with Crippen molar-refractivity contribution < 1.29 is 13.2 Å². The molecular weight excluding hydrogens is 354 g/mol. The molecule has 0 N–H and O–H groups in total. The fourth-order valence-electron chi connectivity index (χ4n) is 2.17. The predicted octanol–water partition coefficient (Wildman–Crippen LogP) is 3.95. The first-order valence-corrected chi connectivity index (χ1v) is 10.0. The zero-order valence-electron chi connectivity index (χ0n) is 13.3. The number of hydrogen-bond donors (Lipinski definition) is 0. The summed E-state index contributed by atoms with van der Waals surface area (Å²) in [5, 5.41) is 0.119. The Bertz CT molecular complexity index is 843. The van der Waals surface area contributed by atoms with E-state index < -0.39 is 9.84 Å². The number of sulfone groups is 1. The number of halogens is 1. The summed E-state index contributed by atoms with van der Waals surface area (Å²) in [4.78, 5) is 16.5. The lowest BCUT2D eigenvalue weighted by Crippen LogP contribution is -2.29. The van der Waals surface area contributed by atoms with Gasteiger partial charge in [0.15, 0.2) is 9.84 Å². The number of aryl methyl sites for hydroxylation is 1. The maximum atomic E-state index is 12.6. The summed E-state index contributed by atoms with van der Waals surface area (Å²) >= 11 is 7.56. The van der Waals surface area contributed by atoms with Gasteiger partial charge in [0.25, 0.3) is 5.91 Å². The fourth-order valence-corrected chi connectivity index (χ4v) is 4.44. The molecule has 0 aliphatic rings. The SMILES string of the molecule is Cc1ccc(C(C)N(C)C(=O)c2ccc(Cl)c(S(C)(=O)=O)c2)s1. The fraction of sp³-hybridized carbons (Fsp3) is 0.312. The number of rotatable bonds is 4.